The van der Waals surface area contributed by atoms with E-state index in [9.17, 15) is 13.5 Å². The number of aliphatic hydroxyl groups is 1. The van der Waals surface area contributed by atoms with Crippen LogP contribution in [0.1, 0.15) is 29.0 Å². The number of nitrogens with zero attached hydrogens (tertiary/aromatic N) is 1. The molecule has 1 aliphatic carbocycles. The van der Waals surface area contributed by atoms with E-state index >= 15 is 0 Å². The van der Waals surface area contributed by atoms with Crippen molar-refractivity contribution in [1.29, 1.82) is 0 Å². The highest BCUT2D eigenvalue weighted by Crippen LogP contribution is 2.37. The Hall–Kier alpha value is -1.15. The third-order valence-corrected chi connectivity index (χ3v) is 6.89. The topological polar surface area (TPSA) is 70.8 Å². The third-order valence-electron chi connectivity index (χ3n) is 3.55. The fourth-order valence-corrected chi connectivity index (χ4v) is 5.66. The van der Waals surface area contributed by atoms with Crippen molar-refractivity contribution in [1.82, 2.24) is 4.31 Å². The van der Waals surface area contributed by atoms with E-state index in [2.05, 4.69) is 0 Å². The molecule has 0 saturated heterocycles. The van der Waals surface area contributed by atoms with Crippen LogP contribution < -0.4 is 0 Å². The third kappa shape index (κ3) is 2.78. The van der Waals surface area contributed by atoms with Gasteiger partial charge in [0.25, 0.3) is 0 Å². The summed E-state index contributed by atoms with van der Waals surface area (Å²) in [6.07, 6.45) is 3.29. The molecular formula is C14H17NO4S2. The quantitative estimate of drug-likeness (QED) is 0.885. The van der Waals surface area contributed by atoms with Gasteiger partial charge in [-0.1, -0.05) is 0 Å². The van der Waals surface area contributed by atoms with Gasteiger partial charge in [-0.25, -0.2) is 8.42 Å². The van der Waals surface area contributed by atoms with Gasteiger partial charge in [0, 0.05) is 6.04 Å². The molecule has 0 radical (unpaired) electrons. The highest BCUT2D eigenvalue weighted by molar-refractivity contribution is 7.89. The Balaban J connectivity index is 1.99. The molecule has 0 aliphatic heterocycles. The fourth-order valence-electron chi connectivity index (χ4n) is 2.39. The van der Waals surface area contributed by atoms with Gasteiger partial charge >= 0.3 is 0 Å². The van der Waals surface area contributed by atoms with Gasteiger partial charge in [0.2, 0.25) is 10.0 Å². The van der Waals surface area contributed by atoms with Crippen LogP contribution in [0.15, 0.2) is 33.1 Å². The van der Waals surface area contributed by atoms with Gasteiger partial charge in [0.05, 0.1) is 24.3 Å². The number of hydrogen-bond donors (Lipinski definition) is 1. The molecule has 2 heterocycles. The van der Waals surface area contributed by atoms with Crippen LogP contribution in [0.3, 0.4) is 0 Å². The Morgan fingerprint density at radius 3 is 2.81 bits per heavy atom. The van der Waals surface area contributed by atoms with E-state index < -0.39 is 10.0 Å². The summed E-state index contributed by atoms with van der Waals surface area (Å²) in [6, 6.07) is 3.56. The van der Waals surface area contributed by atoms with E-state index in [-0.39, 0.29) is 24.1 Å². The first-order valence-electron chi connectivity index (χ1n) is 6.76. The van der Waals surface area contributed by atoms with Crippen LogP contribution in [0.5, 0.6) is 0 Å². The van der Waals surface area contributed by atoms with Crippen molar-refractivity contribution in [3.8, 4) is 0 Å². The van der Waals surface area contributed by atoms with Gasteiger partial charge in [-0.2, -0.15) is 4.31 Å². The van der Waals surface area contributed by atoms with Crippen LogP contribution >= 0.6 is 11.3 Å². The van der Waals surface area contributed by atoms with Crippen LogP contribution in [-0.2, 0) is 23.2 Å². The molecule has 3 rings (SSSR count). The van der Waals surface area contributed by atoms with Crippen molar-refractivity contribution < 1.29 is 17.9 Å². The summed E-state index contributed by atoms with van der Waals surface area (Å²) in [4.78, 5) is 0.756. The number of aryl methyl sites for hydroxylation is 1. The summed E-state index contributed by atoms with van der Waals surface area (Å²) in [7, 11) is -3.62. The van der Waals surface area contributed by atoms with Crippen LogP contribution in [0.25, 0.3) is 0 Å². The standard InChI is InChI=1S/C14H17NO4S2/c1-10-9-20-13(8-16)14(10)21(17,18)15(11-4-5-11)7-12-3-2-6-19-12/h2-3,6,9,11,16H,4-5,7-8H2,1H3. The summed E-state index contributed by atoms with van der Waals surface area (Å²) in [5, 5.41) is 11.2. The fraction of sp³-hybridized carbons (Fsp3) is 0.429. The van der Waals surface area contributed by atoms with Gasteiger partial charge in [-0.05, 0) is 42.8 Å². The first kappa shape index (κ1) is 14.8. The molecule has 1 saturated carbocycles. The van der Waals surface area contributed by atoms with E-state index in [1.807, 2.05) is 0 Å². The molecule has 1 aliphatic rings. The maximum atomic E-state index is 13.0. The Bertz CT molecular complexity index is 714. The predicted octanol–water partition coefficient (Wildman–Crippen LogP) is 2.50. The predicted molar refractivity (Wildman–Crippen MR) is 79.4 cm³/mol. The molecule has 0 aromatic carbocycles. The summed E-state index contributed by atoms with van der Waals surface area (Å²) in [5.74, 6) is 0.629. The SMILES string of the molecule is Cc1csc(CO)c1S(=O)(=O)N(Cc1ccco1)C1CC1. The second-order valence-electron chi connectivity index (χ2n) is 5.19. The molecular weight excluding hydrogens is 310 g/mol. The summed E-state index contributed by atoms with van der Waals surface area (Å²) in [5.41, 5.74) is 0.689. The number of sulfonamides is 1. The zero-order valence-corrected chi connectivity index (χ0v) is 13.3. The molecule has 0 unspecified atom stereocenters. The maximum Gasteiger partial charge on any atom is 0.245 e. The van der Waals surface area contributed by atoms with E-state index in [1.54, 1.807) is 30.7 Å². The summed E-state index contributed by atoms with van der Waals surface area (Å²) in [6.45, 7) is 1.74. The number of aliphatic hydroxyl groups excluding tert-OH is 1. The minimum Gasteiger partial charge on any atom is -0.468 e. The molecule has 1 N–H and O–H groups in total. The average molecular weight is 327 g/mol. The maximum absolute atomic E-state index is 13.0. The molecule has 0 spiro atoms. The van der Waals surface area contributed by atoms with E-state index in [0.29, 0.717) is 16.2 Å². The second kappa shape index (κ2) is 5.57. The lowest BCUT2D eigenvalue weighted by molar-refractivity contribution is 0.281. The highest BCUT2D eigenvalue weighted by atomic mass is 32.2. The van der Waals surface area contributed by atoms with Crippen LogP contribution in [-0.4, -0.2) is 23.9 Å². The lowest BCUT2D eigenvalue weighted by atomic mass is 10.3. The van der Waals surface area contributed by atoms with Gasteiger partial charge in [-0.15, -0.1) is 11.3 Å². The molecule has 1 fully saturated rings. The number of thiophene rings is 1. The molecule has 0 atom stereocenters. The largest absolute Gasteiger partial charge is 0.468 e. The van der Waals surface area contributed by atoms with Gasteiger partial charge < -0.3 is 9.52 Å². The van der Waals surface area contributed by atoms with Crippen molar-refractivity contribution in [2.45, 2.75) is 43.9 Å². The molecule has 114 valence electrons. The normalized spacial score (nSPS) is 15.8. The second-order valence-corrected chi connectivity index (χ2v) is 7.98. The van der Waals surface area contributed by atoms with Crippen molar-refractivity contribution in [3.05, 3.63) is 40.0 Å². The molecule has 2 aromatic rings. The van der Waals surface area contributed by atoms with Gasteiger partial charge in [0.1, 0.15) is 10.7 Å². The smallest absolute Gasteiger partial charge is 0.245 e. The Kier molecular flexibility index (Phi) is 3.92. The lowest BCUT2D eigenvalue weighted by Gasteiger charge is -2.21. The number of furan rings is 1. The zero-order chi connectivity index (χ0) is 15.0. The number of rotatable bonds is 6. The van der Waals surface area contributed by atoms with Crippen molar-refractivity contribution in [2.24, 2.45) is 0 Å². The highest BCUT2D eigenvalue weighted by Gasteiger charge is 2.40. The van der Waals surface area contributed by atoms with E-state index in [1.165, 1.54) is 15.6 Å². The van der Waals surface area contributed by atoms with Gasteiger partial charge in [0.15, 0.2) is 0 Å². The molecule has 2 aromatic heterocycles. The average Bonchev–Trinajstić information content (AvgIpc) is 3.00. The zero-order valence-electron chi connectivity index (χ0n) is 11.7. The molecule has 21 heavy (non-hydrogen) atoms. The lowest BCUT2D eigenvalue weighted by Crippen LogP contribution is -2.33. The monoisotopic (exact) mass is 327 g/mol. The molecule has 0 amide bonds. The van der Waals surface area contributed by atoms with Crippen molar-refractivity contribution in [3.63, 3.8) is 0 Å². The van der Waals surface area contributed by atoms with E-state index in [0.717, 1.165) is 12.8 Å². The summed E-state index contributed by atoms with van der Waals surface area (Å²) >= 11 is 1.28. The number of hydrogen-bond acceptors (Lipinski definition) is 5. The van der Waals surface area contributed by atoms with Crippen LogP contribution in [0.4, 0.5) is 0 Å². The van der Waals surface area contributed by atoms with Crippen LogP contribution in [0, 0.1) is 6.92 Å². The molecule has 5 nitrogen and oxygen atoms in total. The summed E-state index contributed by atoms with van der Waals surface area (Å²) < 4.78 is 32.8. The first-order chi connectivity index (χ1) is 10.0. The van der Waals surface area contributed by atoms with Crippen molar-refractivity contribution >= 4 is 21.4 Å². The van der Waals surface area contributed by atoms with Gasteiger partial charge in [-0.3, -0.25) is 0 Å². The Morgan fingerprint density at radius 1 is 1.48 bits per heavy atom. The minimum absolute atomic E-state index is 0.0333. The molecule has 0 bridgehead atoms. The minimum atomic E-state index is -3.62. The van der Waals surface area contributed by atoms with E-state index in [4.69, 9.17) is 4.42 Å². The van der Waals surface area contributed by atoms with Crippen LogP contribution in [0.2, 0.25) is 0 Å². The first-order valence-corrected chi connectivity index (χ1v) is 9.08. The Labute approximate surface area is 127 Å². The Morgan fingerprint density at radius 2 is 2.24 bits per heavy atom. The van der Waals surface area contributed by atoms with Crippen molar-refractivity contribution in [2.75, 3.05) is 0 Å². The molecule has 7 heteroatoms.